The Morgan fingerprint density at radius 3 is 2.61 bits per heavy atom. The molecule has 1 aromatic carbocycles. The Morgan fingerprint density at radius 2 is 1.87 bits per heavy atom. The molecule has 1 aliphatic carbocycles. The van der Waals surface area contributed by atoms with Gasteiger partial charge in [0.25, 0.3) is 0 Å². The molecule has 1 saturated heterocycles. The minimum Gasteiger partial charge on any atom is -0.396 e. The van der Waals surface area contributed by atoms with Crippen LogP contribution >= 0.6 is 0 Å². The fourth-order valence-corrected chi connectivity index (χ4v) is 3.97. The second-order valence-corrected chi connectivity index (χ2v) is 6.75. The van der Waals surface area contributed by atoms with E-state index in [9.17, 15) is 5.11 Å². The van der Waals surface area contributed by atoms with E-state index in [1.807, 2.05) is 18.2 Å². The van der Waals surface area contributed by atoms with Crippen LogP contribution < -0.4 is 0 Å². The lowest BCUT2D eigenvalue weighted by Crippen LogP contribution is -2.56. The number of rotatable bonds is 4. The van der Waals surface area contributed by atoms with Gasteiger partial charge in [0, 0.05) is 43.9 Å². The zero-order valence-electron chi connectivity index (χ0n) is 14.0. The molecule has 1 atom stereocenters. The van der Waals surface area contributed by atoms with E-state index in [1.54, 1.807) is 0 Å². The van der Waals surface area contributed by atoms with E-state index in [-0.39, 0.29) is 6.61 Å². The normalized spacial score (nSPS) is 23.6. The molecular weight excluding hydrogens is 284 g/mol. The summed E-state index contributed by atoms with van der Waals surface area (Å²) in [6, 6.07) is 11.4. The molecule has 1 N–H and O–H groups in total. The van der Waals surface area contributed by atoms with Crippen molar-refractivity contribution in [2.24, 2.45) is 0 Å². The Morgan fingerprint density at radius 1 is 1.09 bits per heavy atom. The second kappa shape index (κ2) is 8.49. The van der Waals surface area contributed by atoms with Gasteiger partial charge in [-0.1, -0.05) is 42.9 Å². The molecule has 0 unspecified atom stereocenters. The summed E-state index contributed by atoms with van der Waals surface area (Å²) in [5.41, 5.74) is 1.09. The third-order valence-corrected chi connectivity index (χ3v) is 5.18. The molecule has 23 heavy (non-hydrogen) atoms. The molecule has 0 aromatic heterocycles. The van der Waals surface area contributed by atoms with Crippen molar-refractivity contribution in [3.05, 3.63) is 35.9 Å². The first-order chi connectivity index (χ1) is 11.4. The number of aliphatic hydroxyl groups excluding tert-OH is 1. The zero-order valence-corrected chi connectivity index (χ0v) is 14.0. The highest BCUT2D eigenvalue weighted by Crippen LogP contribution is 2.27. The van der Waals surface area contributed by atoms with Crippen LogP contribution in [0.3, 0.4) is 0 Å². The molecule has 3 rings (SSSR count). The molecule has 0 spiro atoms. The maximum Gasteiger partial charge on any atom is 0.0606 e. The molecule has 0 radical (unpaired) electrons. The van der Waals surface area contributed by atoms with Crippen molar-refractivity contribution >= 4 is 0 Å². The van der Waals surface area contributed by atoms with E-state index < -0.39 is 0 Å². The van der Waals surface area contributed by atoms with Gasteiger partial charge < -0.3 is 5.11 Å². The SMILES string of the molecule is OCC[C@@H]1CN(CC#Cc2ccccc2)CCN1C1CCCC1. The van der Waals surface area contributed by atoms with Crippen molar-refractivity contribution in [1.29, 1.82) is 0 Å². The maximum absolute atomic E-state index is 9.42. The third-order valence-electron chi connectivity index (χ3n) is 5.18. The average Bonchev–Trinajstić information content (AvgIpc) is 3.11. The van der Waals surface area contributed by atoms with Gasteiger partial charge in [-0.15, -0.1) is 0 Å². The van der Waals surface area contributed by atoms with Crippen molar-refractivity contribution in [1.82, 2.24) is 9.80 Å². The summed E-state index contributed by atoms with van der Waals surface area (Å²) in [6.07, 6.45) is 6.32. The van der Waals surface area contributed by atoms with Gasteiger partial charge in [-0.3, -0.25) is 9.80 Å². The number of aliphatic hydroxyl groups is 1. The molecule has 1 heterocycles. The first kappa shape index (κ1) is 16.5. The molecule has 3 nitrogen and oxygen atoms in total. The van der Waals surface area contributed by atoms with Gasteiger partial charge in [-0.2, -0.15) is 0 Å². The summed E-state index contributed by atoms with van der Waals surface area (Å²) < 4.78 is 0. The van der Waals surface area contributed by atoms with Gasteiger partial charge in [-0.25, -0.2) is 0 Å². The monoisotopic (exact) mass is 312 g/mol. The van der Waals surface area contributed by atoms with Gasteiger partial charge in [0.2, 0.25) is 0 Å². The van der Waals surface area contributed by atoms with Crippen LogP contribution in [-0.4, -0.2) is 59.8 Å². The van der Waals surface area contributed by atoms with Crippen LogP contribution in [0.1, 0.15) is 37.7 Å². The third kappa shape index (κ3) is 4.57. The molecule has 2 aliphatic rings. The number of hydrogen-bond acceptors (Lipinski definition) is 3. The van der Waals surface area contributed by atoms with Crippen molar-refractivity contribution in [3.8, 4) is 11.8 Å². The van der Waals surface area contributed by atoms with E-state index in [1.165, 1.54) is 25.7 Å². The summed E-state index contributed by atoms with van der Waals surface area (Å²) in [4.78, 5) is 5.12. The summed E-state index contributed by atoms with van der Waals surface area (Å²) in [5, 5.41) is 9.42. The van der Waals surface area contributed by atoms with Crippen LogP contribution in [0, 0.1) is 11.8 Å². The summed E-state index contributed by atoms with van der Waals surface area (Å²) >= 11 is 0. The van der Waals surface area contributed by atoms with Crippen molar-refractivity contribution in [3.63, 3.8) is 0 Å². The first-order valence-corrected chi connectivity index (χ1v) is 8.99. The molecule has 124 valence electrons. The molecule has 0 bridgehead atoms. The van der Waals surface area contributed by atoms with E-state index >= 15 is 0 Å². The predicted molar refractivity (Wildman–Crippen MR) is 94.2 cm³/mol. The Labute approximate surface area is 140 Å². The van der Waals surface area contributed by atoms with E-state index in [2.05, 4.69) is 33.8 Å². The lowest BCUT2D eigenvalue weighted by Gasteiger charge is -2.44. The fourth-order valence-electron chi connectivity index (χ4n) is 3.97. The van der Waals surface area contributed by atoms with E-state index in [4.69, 9.17) is 0 Å². The Hall–Kier alpha value is -1.34. The molecule has 1 aromatic rings. The summed E-state index contributed by atoms with van der Waals surface area (Å²) in [7, 11) is 0. The first-order valence-electron chi connectivity index (χ1n) is 8.99. The molecule has 2 fully saturated rings. The highest BCUT2D eigenvalue weighted by Gasteiger charge is 2.32. The number of benzene rings is 1. The smallest absolute Gasteiger partial charge is 0.0606 e. The molecule has 1 saturated carbocycles. The van der Waals surface area contributed by atoms with Crippen molar-refractivity contribution in [2.75, 3.05) is 32.8 Å². The van der Waals surface area contributed by atoms with Gasteiger partial charge >= 0.3 is 0 Å². The topological polar surface area (TPSA) is 26.7 Å². The lowest BCUT2D eigenvalue weighted by atomic mass is 10.0. The molecule has 3 heteroatoms. The quantitative estimate of drug-likeness (QED) is 0.865. The van der Waals surface area contributed by atoms with Gasteiger partial charge in [-0.05, 0) is 31.4 Å². The van der Waals surface area contributed by atoms with Crippen LogP contribution in [0.25, 0.3) is 0 Å². The predicted octanol–water partition coefficient (Wildman–Crippen LogP) is 2.35. The fraction of sp³-hybridized carbons (Fsp3) is 0.600. The Kier molecular flexibility index (Phi) is 6.10. The van der Waals surface area contributed by atoms with Crippen LogP contribution in [0.4, 0.5) is 0 Å². The molecular formula is C20H28N2O. The van der Waals surface area contributed by atoms with Crippen LogP contribution in [0.5, 0.6) is 0 Å². The van der Waals surface area contributed by atoms with Crippen LogP contribution in [0.15, 0.2) is 30.3 Å². The highest BCUT2D eigenvalue weighted by atomic mass is 16.3. The lowest BCUT2D eigenvalue weighted by molar-refractivity contribution is 0.0354. The standard InChI is InChI=1S/C20H28N2O/c23-16-12-20-17-21(13-6-9-18-7-2-1-3-8-18)14-15-22(20)19-10-4-5-11-19/h1-3,7-8,19-20,23H,4-5,10-17H2/t20-/m1/s1. The van der Waals surface area contributed by atoms with Gasteiger partial charge in [0.15, 0.2) is 0 Å². The number of hydrogen-bond donors (Lipinski definition) is 1. The minimum absolute atomic E-state index is 0.289. The average molecular weight is 312 g/mol. The molecule has 0 amide bonds. The molecule has 1 aliphatic heterocycles. The van der Waals surface area contributed by atoms with Crippen molar-refractivity contribution in [2.45, 2.75) is 44.2 Å². The highest BCUT2D eigenvalue weighted by molar-refractivity contribution is 5.33. The van der Waals surface area contributed by atoms with Crippen LogP contribution in [-0.2, 0) is 0 Å². The van der Waals surface area contributed by atoms with Crippen LogP contribution in [0.2, 0.25) is 0 Å². The Bertz CT molecular complexity index is 528. The minimum atomic E-state index is 0.289. The van der Waals surface area contributed by atoms with Crippen molar-refractivity contribution < 1.29 is 5.11 Å². The number of nitrogens with zero attached hydrogens (tertiary/aromatic N) is 2. The summed E-state index contributed by atoms with van der Waals surface area (Å²) in [6.45, 7) is 4.39. The van der Waals surface area contributed by atoms with E-state index in [0.29, 0.717) is 6.04 Å². The van der Waals surface area contributed by atoms with Gasteiger partial charge in [0.1, 0.15) is 0 Å². The Balaban J connectivity index is 1.55. The maximum atomic E-state index is 9.42. The second-order valence-electron chi connectivity index (χ2n) is 6.75. The summed E-state index contributed by atoms with van der Waals surface area (Å²) in [5.74, 6) is 6.56. The van der Waals surface area contributed by atoms with E-state index in [0.717, 1.165) is 44.2 Å². The number of piperazine rings is 1. The van der Waals surface area contributed by atoms with Gasteiger partial charge in [0.05, 0.1) is 6.54 Å². The zero-order chi connectivity index (χ0) is 15.9. The largest absolute Gasteiger partial charge is 0.396 e.